The highest BCUT2D eigenvalue weighted by atomic mass is 19.1. The maximum atomic E-state index is 13.4. The molecule has 1 aromatic rings. The minimum atomic E-state index is -0.206. The van der Waals surface area contributed by atoms with Crippen LogP contribution in [0.25, 0.3) is 0 Å². The standard InChI is InChI=1S/C11H11FO.CH4/c1-11-6-5-9(13-11)10-7(11)3-2-4-8(10)12;/h2-4,9H,5-6H2,1H3;1H4. The Morgan fingerprint density at radius 1 is 1.50 bits per heavy atom. The second kappa shape index (κ2) is 2.80. The summed E-state index contributed by atoms with van der Waals surface area (Å²) >= 11 is 0. The van der Waals surface area contributed by atoms with E-state index in [9.17, 15) is 4.39 Å². The topological polar surface area (TPSA) is 9.23 Å². The summed E-state index contributed by atoms with van der Waals surface area (Å²) in [5.74, 6) is -0.106. The second-order valence-corrected chi connectivity index (χ2v) is 4.08. The summed E-state index contributed by atoms with van der Waals surface area (Å²) in [4.78, 5) is 0. The SMILES string of the molecule is C.CC12CCC(O1)c1c(F)cccc12. The van der Waals surface area contributed by atoms with E-state index in [4.69, 9.17) is 4.74 Å². The van der Waals surface area contributed by atoms with Crippen molar-refractivity contribution < 1.29 is 9.13 Å². The van der Waals surface area contributed by atoms with Crippen molar-refractivity contribution in [2.45, 2.75) is 38.9 Å². The zero-order valence-corrected chi connectivity index (χ0v) is 7.51. The van der Waals surface area contributed by atoms with Crippen molar-refractivity contribution in [1.82, 2.24) is 0 Å². The van der Waals surface area contributed by atoms with Gasteiger partial charge >= 0.3 is 0 Å². The molecular weight excluding hydrogens is 179 g/mol. The average molecular weight is 194 g/mol. The monoisotopic (exact) mass is 194 g/mol. The van der Waals surface area contributed by atoms with Gasteiger partial charge in [0.1, 0.15) is 5.82 Å². The van der Waals surface area contributed by atoms with Crippen molar-refractivity contribution >= 4 is 0 Å². The van der Waals surface area contributed by atoms with Gasteiger partial charge in [0.25, 0.3) is 0 Å². The van der Waals surface area contributed by atoms with Gasteiger partial charge in [0.2, 0.25) is 0 Å². The van der Waals surface area contributed by atoms with Gasteiger partial charge in [-0.15, -0.1) is 0 Å². The molecule has 14 heavy (non-hydrogen) atoms. The molecule has 1 saturated heterocycles. The van der Waals surface area contributed by atoms with Gasteiger partial charge in [0, 0.05) is 5.56 Å². The van der Waals surface area contributed by atoms with E-state index in [2.05, 4.69) is 6.92 Å². The van der Waals surface area contributed by atoms with Crippen molar-refractivity contribution in [1.29, 1.82) is 0 Å². The van der Waals surface area contributed by atoms with Crippen LogP contribution in [0.4, 0.5) is 4.39 Å². The highest BCUT2D eigenvalue weighted by molar-refractivity contribution is 5.41. The fraction of sp³-hybridized carbons (Fsp3) is 0.500. The molecule has 0 aromatic heterocycles. The molecule has 1 aromatic carbocycles. The lowest BCUT2D eigenvalue weighted by Gasteiger charge is -2.20. The van der Waals surface area contributed by atoms with Crippen molar-refractivity contribution in [2.75, 3.05) is 0 Å². The Morgan fingerprint density at radius 3 is 3.00 bits per heavy atom. The molecule has 2 aliphatic heterocycles. The Kier molecular flexibility index (Phi) is 1.93. The van der Waals surface area contributed by atoms with Crippen LogP contribution in [0, 0.1) is 5.82 Å². The summed E-state index contributed by atoms with van der Waals surface area (Å²) in [7, 11) is 0. The molecule has 0 amide bonds. The average Bonchev–Trinajstić information content (AvgIpc) is 2.59. The van der Waals surface area contributed by atoms with Crippen LogP contribution in [-0.4, -0.2) is 0 Å². The van der Waals surface area contributed by atoms with Crippen LogP contribution in [0.2, 0.25) is 0 Å². The fourth-order valence-corrected chi connectivity index (χ4v) is 2.57. The molecule has 76 valence electrons. The third-order valence-electron chi connectivity index (χ3n) is 3.23. The number of benzene rings is 1. The first-order chi connectivity index (χ1) is 6.21. The first-order valence-electron chi connectivity index (χ1n) is 4.67. The maximum absolute atomic E-state index is 13.4. The fourth-order valence-electron chi connectivity index (χ4n) is 2.57. The van der Waals surface area contributed by atoms with Gasteiger partial charge in [-0.3, -0.25) is 0 Å². The number of ether oxygens (including phenoxy) is 1. The maximum Gasteiger partial charge on any atom is 0.129 e. The van der Waals surface area contributed by atoms with Crippen LogP contribution >= 0.6 is 0 Å². The number of hydrogen-bond donors (Lipinski definition) is 0. The predicted molar refractivity (Wildman–Crippen MR) is 53.5 cm³/mol. The van der Waals surface area contributed by atoms with E-state index in [0.29, 0.717) is 0 Å². The van der Waals surface area contributed by atoms with Crippen molar-refractivity contribution in [3.63, 3.8) is 0 Å². The summed E-state index contributed by atoms with van der Waals surface area (Å²) in [6.07, 6.45) is 2.00. The Balaban J connectivity index is 0.000000750. The Bertz CT molecular complexity index is 375. The third-order valence-corrected chi connectivity index (χ3v) is 3.23. The molecule has 0 spiro atoms. The van der Waals surface area contributed by atoms with Crippen LogP contribution in [-0.2, 0) is 10.3 Å². The van der Waals surface area contributed by atoms with Gasteiger partial charge in [0.15, 0.2) is 0 Å². The summed E-state index contributed by atoms with van der Waals surface area (Å²) in [6, 6.07) is 5.27. The van der Waals surface area contributed by atoms with Gasteiger partial charge in [-0.05, 0) is 31.4 Å². The largest absolute Gasteiger partial charge is 0.363 e. The summed E-state index contributed by atoms with van der Waals surface area (Å²) in [5.41, 5.74) is 1.65. The highest BCUT2D eigenvalue weighted by Gasteiger charge is 2.48. The molecule has 2 bridgehead atoms. The molecule has 1 fully saturated rings. The molecule has 2 unspecified atom stereocenters. The minimum Gasteiger partial charge on any atom is -0.363 e. The van der Waals surface area contributed by atoms with Gasteiger partial charge in [-0.25, -0.2) is 4.39 Å². The zero-order chi connectivity index (χ0) is 9.05. The molecule has 2 atom stereocenters. The lowest BCUT2D eigenvalue weighted by atomic mass is 9.83. The smallest absolute Gasteiger partial charge is 0.129 e. The first-order valence-corrected chi connectivity index (χ1v) is 4.67. The van der Waals surface area contributed by atoms with Crippen LogP contribution in [0.3, 0.4) is 0 Å². The molecule has 2 aliphatic rings. The van der Waals surface area contributed by atoms with Crippen LogP contribution < -0.4 is 0 Å². The van der Waals surface area contributed by atoms with E-state index in [1.807, 2.05) is 6.07 Å². The molecule has 1 nitrogen and oxygen atoms in total. The Morgan fingerprint density at radius 2 is 2.29 bits per heavy atom. The Hall–Kier alpha value is -0.890. The lowest BCUT2D eigenvalue weighted by molar-refractivity contribution is -0.00751. The van der Waals surface area contributed by atoms with E-state index >= 15 is 0 Å². The third kappa shape index (κ3) is 0.976. The summed E-state index contributed by atoms with van der Waals surface area (Å²) in [6.45, 7) is 2.05. The lowest BCUT2D eigenvalue weighted by Crippen LogP contribution is -2.17. The normalized spacial score (nSPS) is 32.6. The molecule has 0 aliphatic carbocycles. The van der Waals surface area contributed by atoms with Crippen LogP contribution in [0.5, 0.6) is 0 Å². The molecule has 3 rings (SSSR count). The molecule has 0 saturated carbocycles. The number of fused-ring (bicyclic) bond motifs is 5. The summed E-state index contributed by atoms with van der Waals surface area (Å²) < 4.78 is 19.2. The summed E-state index contributed by atoms with van der Waals surface area (Å²) in [5, 5.41) is 0. The highest BCUT2D eigenvalue weighted by Crippen LogP contribution is 2.54. The van der Waals surface area contributed by atoms with E-state index in [1.54, 1.807) is 6.07 Å². The van der Waals surface area contributed by atoms with Crippen LogP contribution in [0.15, 0.2) is 18.2 Å². The molecule has 0 N–H and O–H groups in total. The van der Waals surface area contributed by atoms with Gasteiger partial charge < -0.3 is 4.74 Å². The van der Waals surface area contributed by atoms with Gasteiger partial charge in [-0.2, -0.15) is 0 Å². The minimum absolute atomic E-state index is 0. The molecule has 2 heterocycles. The van der Waals surface area contributed by atoms with Crippen LogP contribution in [0.1, 0.15) is 44.4 Å². The molecule has 0 radical (unpaired) electrons. The molecular formula is C12H15FO. The number of hydrogen-bond acceptors (Lipinski definition) is 1. The van der Waals surface area contributed by atoms with Gasteiger partial charge in [-0.1, -0.05) is 19.6 Å². The zero-order valence-electron chi connectivity index (χ0n) is 7.51. The van der Waals surface area contributed by atoms with Crippen molar-refractivity contribution in [3.05, 3.63) is 35.1 Å². The first kappa shape index (κ1) is 9.66. The van der Waals surface area contributed by atoms with E-state index in [0.717, 1.165) is 24.0 Å². The Labute approximate surface area is 83.9 Å². The van der Waals surface area contributed by atoms with E-state index < -0.39 is 0 Å². The van der Waals surface area contributed by atoms with Gasteiger partial charge in [0.05, 0.1) is 11.7 Å². The number of rotatable bonds is 0. The van der Waals surface area contributed by atoms with E-state index in [-0.39, 0.29) is 24.9 Å². The quantitative estimate of drug-likeness (QED) is 0.613. The van der Waals surface area contributed by atoms with Crippen molar-refractivity contribution in [2.24, 2.45) is 0 Å². The van der Waals surface area contributed by atoms with E-state index in [1.165, 1.54) is 6.07 Å². The predicted octanol–water partition coefficient (Wildman–Crippen LogP) is 3.54. The number of halogens is 1. The second-order valence-electron chi connectivity index (χ2n) is 4.08. The van der Waals surface area contributed by atoms with Crippen molar-refractivity contribution in [3.8, 4) is 0 Å². The molecule has 2 heteroatoms.